The molecule has 0 fully saturated rings. The molecule has 0 aliphatic heterocycles. The van der Waals surface area contributed by atoms with E-state index in [4.69, 9.17) is 5.26 Å². The Kier molecular flexibility index (Phi) is 5.62. The summed E-state index contributed by atoms with van der Waals surface area (Å²) in [5.41, 5.74) is 0.497. The van der Waals surface area contributed by atoms with Gasteiger partial charge >= 0.3 is 0 Å². The van der Waals surface area contributed by atoms with Crippen LogP contribution in [0.25, 0.3) is 0 Å². The van der Waals surface area contributed by atoms with Crippen molar-refractivity contribution in [1.29, 1.82) is 5.26 Å². The number of hydrogen-bond donors (Lipinski definition) is 1. The van der Waals surface area contributed by atoms with Gasteiger partial charge in [-0.1, -0.05) is 33.1 Å². The summed E-state index contributed by atoms with van der Waals surface area (Å²) in [6.07, 6.45) is 4.23. The summed E-state index contributed by atoms with van der Waals surface area (Å²) in [4.78, 5) is 11.9. The zero-order chi connectivity index (χ0) is 14.4. The Bertz CT molecular complexity index is 526. The van der Waals surface area contributed by atoms with Crippen molar-refractivity contribution in [2.45, 2.75) is 53.0 Å². The number of unbranched alkanes of at least 4 members (excludes halogenated alkanes) is 1. The number of rotatable bonds is 6. The maximum Gasteiger partial charge on any atom is 0.253 e. The van der Waals surface area contributed by atoms with Crippen LogP contribution in [-0.2, 0) is 6.54 Å². The van der Waals surface area contributed by atoms with Crippen molar-refractivity contribution >= 4 is 0 Å². The smallest absolute Gasteiger partial charge is 0.253 e. The summed E-state index contributed by atoms with van der Waals surface area (Å²) in [7, 11) is 0. The molecule has 0 bridgehead atoms. The lowest BCUT2D eigenvalue weighted by molar-refractivity contribution is 0.339. The summed E-state index contributed by atoms with van der Waals surface area (Å²) in [5, 5.41) is 19.1. The van der Waals surface area contributed by atoms with Crippen LogP contribution in [0.3, 0.4) is 0 Å². The average molecular weight is 262 g/mol. The van der Waals surface area contributed by atoms with Crippen molar-refractivity contribution in [2.24, 2.45) is 5.92 Å². The van der Waals surface area contributed by atoms with Crippen molar-refractivity contribution in [3.8, 4) is 11.9 Å². The fourth-order valence-corrected chi connectivity index (χ4v) is 2.24. The lowest BCUT2D eigenvalue weighted by atomic mass is 9.99. The minimum atomic E-state index is -0.232. The van der Waals surface area contributed by atoms with Crippen LogP contribution in [0.1, 0.15) is 50.7 Å². The highest BCUT2D eigenvalue weighted by Crippen LogP contribution is 2.21. The molecule has 0 aliphatic rings. The Hall–Kier alpha value is -1.76. The Morgan fingerprint density at radius 3 is 2.68 bits per heavy atom. The SMILES string of the molecule is CCCC[C@H](CC)Cn1c(O)c(C#N)c(C)cc1=O. The van der Waals surface area contributed by atoms with E-state index in [1.807, 2.05) is 6.07 Å². The first-order valence-electron chi connectivity index (χ1n) is 6.88. The number of nitriles is 1. The third-order valence-electron chi connectivity index (χ3n) is 3.58. The van der Waals surface area contributed by atoms with Crippen molar-refractivity contribution in [2.75, 3.05) is 0 Å². The largest absolute Gasteiger partial charge is 0.493 e. The maximum atomic E-state index is 11.9. The Balaban J connectivity index is 3.07. The molecule has 0 radical (unpaired) electrons. The molecule has 0 saturated heterocycles. The highest BCUT2D eigenvalue weighted by molar-refractivity contribution is 5.43. The van der Waals surface area contributed by atoms with Gasteiger partial charge in [-0.25, -0.2) is 0 Å². The van der Waals surface area contributed by atoms with Crippen LogP contribution < -0.4 is 5.56 Å². The fourth-order valence-electron chi connectivity index (χ4n) is 2.24. The fraction of sp³-hybridized carbons (Fsp3) is 0.600. The summed E-state index contributed by atoms with van der Waals surface area (Å²) >= 11 is 0. The predicted octanol–water partition coefficient (Wildman–Crippen LogP) is 2.95. The Morgan fingerprint density at radius 2 is 2.16 bits per heavy atom. The normalized spacial score (nSPS) is 12.1. The molecule has 1 N–H and O–H groups in total. The molecule has 19 heavy (non-hydrogen) atoms. The van der Waals surface area contributed by atoms with Crippen LogP contribution in [-0.4, -0.2) is 9.67 Å². The summed E-state index contributed by atoms with van der Waals surface area (Å²) in [5.74, 6) is 0.167. The van der Waals surface area contributed by atoms with E-state index < -0.39 is 0 Å². The molecule has 1 rings (SSSR count). The first-order valence-corrected chi connectivity index (χ1v) is 6.88. The quantitative estimate of drug-likeness (QED) is 0.857. The molecule has 104 valence electrons. The van der Waals surface area contributed by atoms with E-state index >= 15 is 0 Å². The lowest BCUT2D eigenvalue weighted by Crippen LogP contribution is -2.24. The van der Waals surface area contributed by atoms with Gasteiger partial charge in [0, 0.05) is 12.6 Å². The van der Waals surface area contributed by atoms with Gasteiger partial charge < -0.3 is 5.11 Å². The molecule has 0 aliphatic carbocycles. The van der Waals surface area contributed by atoms with E-state index in [0.717, 1.165) is 25.7 Å². The third kappa shape index (κ3) is 3.60. The van der Waals surface area contributed by atoms with Crippen LogP contribution in [0, 0.1) is 24.2 Å². The van der Waals surface area contributed by atoms with Crippen LogP contribution in [0.15, 0.2) is 10.9 Å². The molecule has 0 amide bonds. The van der Waals surface area contributed by atoms with Gasteiger partial charge in [0.15, 0.2) is 0 Å². The van der Waals surface area contributed by atoms with Gasteiger partial charge in [0.25, 0.3) is 5.56 Å². The van der Waals surface area contributed by atoms with E-state index in [0.29, 0.717) is 18.0 Å². The summed E-state index contributed by atoms with van der Waals surface area (Å²) in [6, 6.07) is 3.38. The van der Waals surface area contributed by atoms with Crippen LogP contribution in [0.2, 0.25) is 0 Å². The van der Waals surface area contributed by atoms with E-state index in [9.17, 15) is 9.90 Å². The van der Waals surface area contributed by atoms with E-state index in [2.05, 4.69) is 13.8 Å². The van der Waals surface area contributed by atoms with E-state index in [1.165, 1.54) is 10.6 Å². The Morgan fingerprint density at radius 1 is 1.47 bits per heavy atom. The van der Waals surface area contributed by atoms with Crippen molar-refractivity contribution in [3.63, 3.8) is 0 Å². The van der Waals surface area contributed by atoms with Crippen LogP contribution >= 0.6 is 0 Å². The minimum Gasteiger partial charge on any atom is -0.493 e. The molecule has 0 aromatic carbocycles. The third-order valence-corrected chi connectivity index (χ3v) is 3.58. The molecule has 1 aromatic heterocycles. The lowest BCUT2D eigenvalue weighted by Gasteiger charge is -2.18. The standard InChI is InChI=1S/C15H22N2O2/c1-4-6-7-12(5-2)10-17-14(18)8-11(3)13(9-16)15(17)19/h8,12,19H,4-7,10H2,1-3H3/t12-/m0/s1. The number of aromatic nitrogens is 1. The second-order valence-corrected chi connectivity index (χ2v) is 5.00. The molecular weight excluding hydrogens is 240 g/mol. The van der Waals surface area contributed by atoms with E-state index in [-0.39, 0.29) is 17.0 Å². The second kappa shape index (κ2) is 6.98. The van der Waals surface area contributed by atoms with Gasteiger partial charge in [0.2, 0.25) is 5.88 Å². The first kappa shape index (κ1) is 15.3. The topological polar surface area (TPSA) is 66.0 Å². The van der Waals surface area contributed by atoms with Gasteiger partial charge in [0.1, 0.15) is 11.6 Å². The van der Waals surface area contributed by atoms with Gasteiger partial charge in [0.05, 0.1) is 0 Å². The summed E-state index contributed by atoms with van der Waals surface area (Å²) < 4.78 is 1.33. The van der Waals surface area contributed by atoms with Gasteiger partial charge in [-0.3, -0.25) is 9.36 Å². The van der Waals surface area contributed by atoms with Crippen LogP contribution in [0.5, 0.6) is 5.88 Å². The zero-order valence-electron chi connectivity index (χ0n) is 11.9. The molecule has 1 heterocycles. The molecule has 4 heteroatoms. The van der Waals surface area contributed by atoms with Crippen molar-refractivity contribution in [3.05, 3.63) is 27.5 Å². The van der Waals surface area contributed by atoms with Crippen molar-refractivity contribution < 1.29 is 5.11 Å². The maximum absolute atomic E-state index is 11.9. The van der Waals surface area contributed by atoms with Gasteiger partial charge in [-0.05, 0) is 24.8 Å². The molecular formula is C15H22N2O2. The first-order chi connectivity index (χ1) is 9.04. The number of aromatic hydroxyl groups is 1. The zero-order valence-corrected chi connectivity index (χ0v) is 11.9. The second-order valence-electron chi connectivity index (χ2n) is 5.00. The number of hydrogen-bond acceptors (Lipinski definition) is 3. The Labute approximate surface area is 114 Å². The highest BCUT2D eigenvalue weighted by Gasteiger charge is 2.15. The molecule has 0 saturated carbocycles. The van der Waals surface area contributed by atoms with E-state index in [1.54, 1.807) is 6.92 Å². The van der Waals surface area contributed by atoms with Gasteiger partial charge in [-0.2, -0.15) is 5.26 Å². The predicted molar refractivity (Wildman–Crippen MR) is 75.1 cm³/mol. The molecule has 1 atom stereocenters. The minimum absolute atomic E-state index is 0.192. The molecule has 4 nitrogen and oxygen atoms in total. The number of nitrogens with zero attached hydrogens (tertiary/aromatic N) is 2. The highest BCUT2D eigenvalue weighted by atomic mass is 16.3. The average Bonchev–Trinajstić information content (AvgIpc) is 2.38. The molecule has 1 aromatic rings. The molecule has 0 unspecified atom stereocenters. The number of aryl methyl sites for hydroxylation is 1. The monoisotopic (exact) mass is 262 g/mol. The van der Waals surface area contributed by atoms with Crippen LogP contribution in [0.4, 0.5) is 0 Å². The summed E-state index contributed by atoms with van der Waals surface area (Å²) in [6.45, 7) is 6.37. The number of pyridine rings is 1. The van der Waals surface area contributed by atoms with Gasteiger partial charge in [-0.15, -0.1) is 0 Å². The van der Waals surface area contributed by atoms with Crippen molar-refractivity contribution in [1.82, 2.24) is 4.57 Å². The molecule has 0 spiro atoms.